The summed E-state index contributed by atoms with van der Waals surface area (Å²) >= 11 is 6.47. The minimum atomic E-state index is -3.72. The van der Waals surface area contributed by atoms with E-state index in [1.54, 1.807) is 29.3 Å². The van der Waals surface area contributed by atoms with Crippen LogP contribution in [0.25, 0.3) is 0 Å². The van der Waals surface area contributed by atoms with Gasteiger partial charge in [-0.15, -0.1) is 0 Å². The lowest BCUT2D eigenvalue weighted by Gasteiger charge is -2.29. The monoisotopic (exact) mass is 588 g/mol. The predicted octanol–water partition coefficient (Wildman–Crippen LogP) is 6.07. The highest BCUT2D eigenvalue weighted by Crippen LogP contribution is 2.51. The van der Waals surface area contributed by atoms with Crippen molar-refractivity contribution in [3.63, 3.8) is 0 Å². The average molecular weight is 589 g/mol. The molecule has 3 atom stereocenters. The summed E-state index contributed by atoms with van der Waals surface area (Å²) in [6.07, 6.45) is 6.76. The van der Waals surface area contributed by atoms with Crippen LogP contribution in [-0.4, -0.2) is 23.9 Å². The number of nitrogens with one attached hydrogen (secondary N) is 1. The molecule has 0 radical (unpaired) electrons. The van der Waals surface area contributed by atoms with Crippen LogP contribution in [0.3, 0.4) is 0 Å². The first-order chi connectivity index (χ1) is 19.7. The maximum atomic E-state index is 14.1. The number of imidazole rings is 1. The topological polar surface area (TPSA) is 84.3 Å². The van der Waals surface area contributed by atoms with E-state index in [1.807, 2.05) is 73.3 Å². The summed E-state index contributed by atoms with van der Waals surface area (Å²) in [5, 5.41) is 0.681. The fourth-order valence-corrected chi connectivity index (χ4v) is 7.52. The predicted molar refractivity (Wildman–Crippen MR) is 160 cm³/mol. The number of nitrogens with zero attached hydrogens (tertiary/aromatic N) is 3. The molecule has 4 aromatic rings. The Morgan fingerprint density at radius 1 is 1.10 bits per heavy atom. The molecule has 212 valence electrons. The van der Waals surface area contributed by atoms with Gasteiger partial charge in [0.2, 0.25) is 15.9 Å². The van der Waals surface area contributed by atoms with Crippen molar-refractivity contribution in [1.82, 2.24) is 14.3 Å². The molecule has 0 saturated heterocycles. The van der Waals surface area contributed by atoms with Crippen molar-refractivity contribution in [2.45, 2.75) is 56.0 Å². The number of fused-ring (bicyclic) bond motifs is 1. The quantitative estimate of drug-likeness (QED) is 0.271. The van der Waals surface area contributed by atoms with Crippen LogP contribution in [0.4, 0.5) is 5.69 Å². The summed E-state index contributed by atoms with van der Waals surface area (Å²) in [4.78, 5) is 20.6. The van der Waals surface area contributed by atoms with E-state index in [2.05, 4.69) is 9.71 Å². The number of halogens is 1. The van der Waals surface area contributed by atoms with Crippen molar-refractivity contribution in [3.8, 4) is 0 Å². The van der Waals surface area contributed by atoms with Crippen LogP contribution in [-0.2, 0) is 34.8 Å². The number of carbonyl (C=O) groups excluding carboxylic acids is 1. The second kappa shape index (κ2) is 11.1. The molecule has 41 heavy (non-hydrogen) atoms. The van der Waals surface area contributed by atoms with Crippen LogP contribution in [0.1, 0.15) is 59.3 Å². The molecular weight excluding hydrogens is 556 g/mol. The van der Waals surface area contributed by atoms with Crippen molar-refractivity contribution in [2.24, 2.45) is 13.0 Å². The number of benzene rings is 3. The van der Waals surface area contributed by atoms with Gasteiger partial charge in [-0.05, 0) is 91.1 Å². The Morgan fingerprint density at radius 2 is 1.93 bits per heavy atom. The van der Waals surface area contributed by atoms with E-state index in [9.17, 15) is 13.2 Å². The Morgan fingerprint density at radius 3 is 2.68 bits per heavy atom. The van der Waals surface area contributed by atoms with Crippen LogP contribution in [0.2, 0.25) is 5.02 Å². The molecule has 0 bridgehead atoms. The van der Waals surface area contributed by atoms with Gasteiger partial charge < -0.3 is 9.47 Å². The molecule has 7 nitrogen and oxygen atoms in total. The molecule has 1 amide bonds. The van der Waals surface area contributed by atoms with E-state index in [1.165, 1.54) is 0 Å². The highest BCUT2D eigenvalue weighted by atomic mass is 35.5. The third-order valence-electron chi connectivity index (χ3n) is 8.25. The van der Waals surface area contributed by atoms with Crippen LogP contribution in [0, 0.1) is 12.8 Å². The number of aromatic nitrogens is 2. The van der Waals surface area contributed by atoms with E-state index in [0.717, 1.165) is 53.0 Å². The summed E-state index contributed by atoms with van der Waals surface area (Å²) < 4.78 is 31.5. The van der Waals surface area contributed by atoms with Crippen LogP contribution in [0.15, 0.2) is 84.0 Å². The van der Waals surface area contributed by atoms with Gasteiger partial charge in [0, 0.05) is 42.1 Å². The van der Waals surface area contributed by atoms with Gasteiger partial charge in [0.15, 0.2) is 0 Å². The summed E-state index contributed by atoms with van der Waals surface area (Å²) in [7, 11) is -1.81. The van der Waals surface area contributed by atoms with E-state index in [-0.39, 0.29) is 28.7 Å². The molecule has 0 spiro atoms. The second-order valence-electron chi connectivity index (χ2n) is 11.1. The molecule has 2 aliphatic carbocycles. The van der Waals surface area contributed by atoms with Crippen molar-refractivity contribution < 1.29 is 13.2 Å². The fourth-order valence-electron chi connectivity index (χ4n) is 5.89. The normalized spacial score (nSPS) is 19.9. The summed E-state index contributed by atoms with van der Waals surface area (Å²) in [5.74, 6) is 0.682. The van der Waals surface area contributed by atoms with Gasteiger partial charge in [-0.2, -0.15) is 0 Å². The molecule has 1 heterocycles. The van der Waals surface area contributed by atoms with Crippen LogP contribution < -0.4 is 9.62 Å². The molecule has 1 saturated carbocycles. The lowest BCUT2D eigenvalue weighted by molar-refractivity contribution is -0.120. The Hall–Kier alpha value is -3.46. The molecule has 2 aliphatic rings. The van der Waals surface area contributed by atoms with E-state index < -0.39 is 10.0 Å². The van der Waals surface area contributed by atoms with Gasteiger partial charge in [0.05, 0.1) is 11.4 Å². The molecular formula is C32H33ClN4O3S. The minimum absolute atomic E-state index is 0.0190. The number of carbonyl (C=O) groups is 1. The van der Waals surface area contributed by atoms with Gasteiger partial charge in [0.1, 0.15) is 5.82 Å². The highest BCUT2D eigenvalue weighted by Gasteiger charge is 2.47. The zero-order valence-corrected chi connectivity index (χ0v) is 24.7. The fraction of sp³-hybridized carbons (Fsp3) is 0.312. The molecule has 9 heteroatoms. The Balaban J connectivity index is 1.32. The van der Waals surface area contributed by atoms with Gasteiger partial charge in [-0.25, -0.2) is 18.1 Å². The number of aryl methyl sites for hydroxylation is 3. The lowest BCUT2D eigenvalue weighted by Crippen LogP contribution is -2.34. The molecule has 1 aromatic heterocycles. The van der Waals surface area contributed by atoms with E-state index in [4.69, 9.17) is 11.6 Å². The Labute approximate surface area is 246 Å². The number of hydrogen-bond acceptors (Lipinski definition) is 4. The van der Waals surface area contributed by atoms with Crippen molar-refractivity contribution in [1.29, 1.82) is 0 Å². The Bertz CT molecular complexity index is 1720. The summed E-state index contributed by atoms with van der Waals surface area (Å²) in [6, 6.07) is 20.3. The second-order valence-corrected chi connectivity index (χ2v) is 13.2. The van der Waals surface area contributed by atoms with Gasteiger partial charge in [-0.3, -0.25) is 4.79 Å². The SMILES string of the molecule is Cc1cccc(S(=O)(=O)N[C@H]2CCCc3ccc(N(Cc4nccn4C)C(=O)[C@H]4C[C@@H]4c4ccccc4Cl)cc32)c1. The zero-order valence-electron chi connectivity index (χ0n) is 23.1. The highest BCUT2D eigenvalue weighted by molar-refractivity contribution is 7.89. The third-order valence-corrected chi connectivity index (χ3v) is 10.1. The average Bonchev–Trinajstić information content (AvgIpc) is 3.65. The lowest BCUT2D eigenvalue weighted by atomic mass is 9.87. The van der Waals surface area contributed by atoms with Crippen molar-refractivity contribution >= 4 is 33.2 Å². The molecule has 1 fully saturated rings. The summed E-state index contributed by atoms with van der Waals surface area (Å²) in [5.41, 5.74) is 4.64. The summed E-state index contributed by atoms with van der Waals surface area (Å²) in [6.45, 7) is 2.19. The molecule has 6 rings (SSSR count). The zero-order chi connectivity index (χ0) is 28.7. The number of amides is 1. The van der Waals surface area contributed by atoms with Crippen molar-refractivity contribution in [2.75, 3.05) is 4.90 Å². The maximum absolute atomic E-state index is 14.1. The number of anilines is 1. The van der Waals surface area contributed by atoms with Crippen molar-refractivity contribution in [3.05, 3.63) is 112 Å². The number of rotatable bonds is 8. The van der Waals surface area contributed by atoms with E-state index >= 15 is 0 Å². The third kappa shape index (κ3) is 5.69. The largest absolute Gasteiger partial charge is 0.337 e. The molecule has 1 N–H and O–H groups in total. The maximum Gasteiger partial charge on any atom is 0.241 e. The minimum Gasteiger partial charge on any atom is -0.337 e. The number of sulfonamides is 1. The first-order valence-corrected chi connectivity index (χ1v) is 15.8. The van der Waals surface area contributed by atoms with Crippen LogP contribution in [0.5, 0.6) is 0 Å². The molecule has 0 unspecified atom stereocenters. The smallest absolute Gasteiger partial charge is 0.241 e. The Kier molecular flexibility index (Phi) is 7.49. The van der Waals surface area contributed by atoms with E-state index in [0.29, 0.717) is 18.0 Å². The molecule has 3 aromatic carbocycles. The van der Waals surface area contributed by atoms with Gasteiger partial charge >= 0.3 is 0 Å². The van der Waals surface area contributed by atoms with Gasteiger partial charge in [0.25, 0.3) is 0 Å². The standard InChI is InChI=1S/C32H33ClN4O3S/c1-21-7-5-9-24(17-21)41(39,40)35-30-12-6-8-22-13-14-23(18-26(22)30)37(20-31-34-15-16-36(31)2)32(38)28-19-27(28)25-10-3-4-11-29(25)33/h3-5,7,9-11,13-18,27-28,30,35H,6,8,12,19-20H2,1-2H3/t27-,28+,30+/m1/s1. The van der Waals surface area contributed by atoms with Crippen LogP contribution >= 0.6 is 11.6 Å². The number of hydrogen-bond donors (Lipinski definition) is 1. The first-order valence-electron chi connectivity index (χ1n) is 13.9. The molecule has 0 aliphatic heterocycles. The van der Waals surface area contributed by atoms with Gasteiger partial charge in [-0.1, -0.05) is 48.0 Å². The first kappa shape index (κ1) is 27.7.